The molecular weight excluding hydrogens is 178 g/mol. The van der Waals surface area contributed by atoms with E-state index in [4.69, 9.17) is 15.6 Å². The van der Waals surface area contributed by atoms with Crippen molar-refractivity contribution in [3.05, 3.63) is 0 Å². The molecule has 0 aliphatic heterocycles. The van der Waals surface area contributed by atoms with Gasteiger partial charge < -0.3 is 15.6 Å². The van der Waals surface area contributed by atoms with Gasteiger partial charge in [0.05, 0.1) is 32.8 Å². The van der Waals surface area contributed by atoms with Crippen molar-refractivity contribution in [3.63, 3.8) is 0 Å². The summed E-state index contributed by atoms with van der Waals surface area (Å²) in [7, 11) is 0. The minimum atomic E-state index is -0.430. The molecule has 13 heavy (non-hydrogen) atoms. The lowest BCUT2D eigenvalue weighted by Crippen LogP contribution is -2.14. The molecule has 0 saturated heterocycles. The Hall–Kier alpha value is -0.690. The monoisotopic (exact) mass is 193 g/mol. The number of hydrogen-bond donors (Lipinski definition) is 2. The van der Waals surface area contributed by atoms with Crippen LogP contribution < -0.4 is 5.73 Å². The fourth-order valence-corrected chi connectivity index (χ4v) is 0.520. The summed E-state index contributed by atoms with van der Waals surface area (Å²) in [6, 6.07) is 0. The minimum absolute atomic E-state index is 0.0114. The fourth-order valence-electron chi connectivity index (χ4n) is 0.520. The molecule has 0 spiro atoms. The molecule has 0 aromatic carbocycles. The van der Waals surface area contributed by atoms with Gasteiger partial charge in [-0.05, 0) is 0 Å². The van der Waals surface area contributed by atoms with Crippen LogP contribution >= 0.6 is 0 Å². The van der Waals surface area contributed by atoms with E-state index in [0.717, 1.165) is 0 Å². The topological polar surface area (TPSA) is 91.0 Å². The van der Waals surface area contributed by atoms with Gasteiger partial charge in [-0.15, -0.1) is 0 Å². The van der Waals surface area contributed by atoms with Crippen molar-refractivity contribution >= 4 is 5.91 Å². The van der Waals surface area contributed by atoms with Crippen molar-refractivity contribution in [2.75, 3.05) is 33.0 Å². The SMILES string of the molecule is NC(=O)CCOOCCOCCO. The standard InChI is InChI=1S/C7H15NO5/c8-7(10)1-3-12-13-6-5-11-4-2-9/h9H,1-6H2,(H2,8,10). The predicted octanol–water partition coefficient (Wildman–Crippen LogP) is -1.18. The first-order valence-corrected chi connectivity index (χ1v) is 3.98. The van der Waals surface area contributed by atoms with E-state index in [0.29, 0.717) is 6.61 Å². The van der Waals surface area contributed by atoms with E-state index >= 15 is 0 Å². The Kier molecular flexibility index (Phi) is 8.90. The van der Waals surface area contributed by atoms with Crippen LogP contribution in [0.4, 0.5) is 0 Å². The first-order chi connectivity index (χ1) is 6.27. The average Bonchev–Trinajstić information content (AvgIpc) is 2.09. The van der Waals surface area contributed by atoms with Gasteiger partial charge in [0.15, 0.2) is 0 Å². The Morgan fingerprint density at radius 3 is 2.46 bits per heavy atom. The molecule has 0 aliphatic carbocycles. The number of nitrogens with two attached hydrogens (primary N) is 1. The van der Waals surface area contributed by atoms with Crippen molar-refractivity contribution in [1.29, 1.82) is 0 Å². The van der Waals surface area contributed by atoms with Gasteiger partial charge in [-0.25, -0.2) is 9.78 Å². The van der Waals surface area contributed by atoms with Gasteiger partial charge >= 0.3 is 0 Å². The van der Waals surface area contributed by atoms with Crippen LogP contribution in [0.3, 0.4) is 0 Å². The maximum atomic E-state index is 10.2. The number of carbonyl (C=O) groups is 1. The molecule has 0 radical (unpaired) electrons. The molecule has 1 amide bonds. The van der Waals surface area contributed by atoms with Crippen LogP contribution in [0.2, 0.25) is 0 Å². The maximum absolute atomic E-state index is 10.2. The summed E-state index contributed by atoms with van der Waals surface area (Å²) in [5, 5.41) is 8.32. The molecule has 0 unspecified atom stereocenters. The van der Waals surface area contributed by atoms with Gasteiger partial charge in [0.1, 0.15) is 6.61 Å². The zero-order valence-electron chi connectivity index (χ0n) is 7.40. The highest BCUT2D eigenvalue weighted by atomic mass is 17.2. The molecule has 0 aliphatic rings. The molecule has 3 N–H and O–H groups in total. The molecule has 0 heterocycles. The van der Waals surface area contributed by atoms with Gasteiger partial charge in [-0.2, -0.15) is 0 Å². The molecule has 0 atom stereocenters. The summed E-state index contributed by atoms with van der Waals surface area (Å²) < 4.78 is 4.86. The normalized spacial score (nSPS) is 10.2. The van der Waals surface area contributed by atoms with Crippen molar-refractivity contribution in [3.8, 4) is 0 Å². The molecular formula is C7H15NO5. The summed E-state index contributed by atoms with van der Waals surface area (Å²) >= 11 is 0. The zero-order chi connectivity index (χ0) is 9.94. The Morgan fingerprint density at radius 2 is 1.85 bits per heavy atom. The second-order valence-corrected chi connectivity index (χ2v) is 2.20. The van der Waals surface area contributed by atoms with Crippen LogP contribution in [0.15, 0.2) is 0 Å². The van der Waals surface area contributed by atoms with E-state index in [1.807, 2.05) is 0 Å². The molecule has 6 nitrogen and oxygen atoms in total. The number of ether oxygens (including phenoxy) is 1. The van der Waals surface area contributed by atoms with E-state index in [9.17, 15) is 4.79 Å². The largest absolute Gasteiger partial charge is 0.394 e. The van der Waals surface area contributed by atoms with Gasteiger partial charge in [-0.1, -0.05) is 0 Å². The number of carbonyl (C=O) groups excluding carboxylic acids is 1. The number of aliphatic hydroxyl groups is 1. The number of hydrogen-bond acceptors (Lipinski definition) is 5. The van der Waals surface area contributed by atoms with Crippen molar-refractivity contribution in [1.82, 2.24) is 0 Å². The molecule has 0 aromatic heterocycles. The quantitative estimate of drug-likeness (QED) is 0.273. The zero-order valence-corrected chi connectivity index (χ0v) is 7.40. The van der Waals surface area contributed by atoms with Gasteiger partial charge in [0, 0.05) is 0 Å². The third kappa shape index (κ3) is 11.3. The highest BCUT2D eigenvalue weighted by Crippen LogP contribution is 1.84. The van der Waals surface area contributed by atoms with E-state index in [1.54, 1.807) is 0 Å². The first-order valence-electron chi connectivity index (χ1n) is 3.98. The molecule has 6 heteroatoms. The fraction of sp³-hybridized carbons (Fsp3) is 0.857. The summed E-state index contributed by atoms with van der Waals surface area (Å²) in [4.78, 5) is 19.4. The summed E-state index contributed by atoms with van der Waals surface area (Å²) in [5.74, 6) is -0.430. The highest BCUT2D eigenvalue weighted by molar-refractivity contribution is 5.73. The summed E-state index contributed by atoms with van der Waals surface area (Å²) in [6.07, 6.45) is 0.136. The Bertz CT molecular complexity index is 130. The molecule has 0 rings (SSSR count). The lowest BCUT2D eigenvalue weighted by molar-refractivity contribution is -0.298. The van der Waals surface area contributed by atoms with E-state index in [1.165, 1.54) is 0 Å². The Balaban J connectivity index is 2.87. The van der Waals surface area contributed by atoms with E-state index in [-0.39, 0.29) is 32.8 Å². The number of primary amides is 1. The minimum Gasteiger partial charge on any atom is -0.394 e. The van der Waals surface area contributed by atoms with Crippen LogP contribution in [0.1, 0.15) is 6.42 Å². The summed E-state index contributed by atoms with van der Waals surface area (Å²) in [6.45, 7) is 1.03. The van der Waals surface area contributed by atoms with E-state index < -0.39 is 5.91 Å². The second kappa shape index (κ2) is 9.40. The van der Waals surface area contributed by atoms with E-state index in [2.05, 4.69) is 9.78 Å². The Labute approximate surface area is 76.5 Å². The van der Waals surface area contributed by atoms with Crippen molar-refractivity contribution in [2.45, 2.75) is 6.42 Å². The maximum Gasteiger partial charge on any atom is 0.219 e. The van der Waals surface area contributed by atoms with Crippen molar-refractivity contribution in [2.24, 2.45) is 5.73 Å². The summed E-state index contributed by atoms with van der Waals surface area (Å²) in [5.41, 5.74) is 4.85. The highest BCUT2D eigenvalue weighted by Gasteiger charge is 1.94. The molecule has 0 saturated carbocycles. The van der Waals surface area contributed by atoms with Gasteiger partial charge in [0.2, 0.25) is 5.91 Å². The third-order valence-electron chi connectivity index (χ3n) is 1.06. The van der Waals surface area contributed by atoms with Crippen molar-refractivity contribution < 1.29 is 24.4 Å². The first kappa shape index (κ1) is 12.3. The van der Waals surface area contributed by atoms with Gasteiger partial charge in [-0.3, -0.25) is 4.79 Å². The molecule has 0 aromatic rings. The predicted molar refractivity (Wildman–Crippen MR) is 43.6 cm³/mol. The van der Waals surface area contributed by atoms with Crippen LogP contribution in [-0.2, 0) is 19.3 Å². The molecule has 0 fully saturated rings. The number of amides is 1. The average molecular weight is 193 g/mol. The number of aliphatic hydroxyl groups excluding tert-OH is 1. The smallest absolute Gasteiger partial charge is 0.219 e. The lowest BCUT2D eigenvalue weighted by atomic mass is 10.4. The van der Waals surface area contributed by atoms with Gasteiger partial charge in [0.25, 0.3) is 0 Å². The number of rotatable bonds is 9. The van der Waals surface area contributed by atoms with Crippen LogP contribution in [0.5, 0.6) is 0 Å². The van der Waals surface area contributed by atoms with Crippen LogP contribution in [-0.4, -0.2) is 44.0 Å². The molecule has 78 valence electrons. The lowest BCUT2D eigenvalue weighted by Gasteiger charge is -2.03. The molecule has 0 bridgehead atoms. The third-order valence-corrected chi connectivity index (χ3v) is 1.06. The van der Waals surface area contributed by atoms with Crippen LogP contribution in [0, 0.1) is 0 Å². The second-order valence-electron chi connectivity index (χ2n) is 2.20. The Morgan fingerprint density at radius 1 is 1.15 bits per heavy atom. The van der Waals surface area contributed by atoms with Crippen LogP contribution in [0.25, 0.3) is 0 Å².